The summed E-state index contributed by atoms with van der Waals surface area (Å²) in [6.45, 7) is 3.06. The van der Waals surface area contributed by atoms with Crippen LogP contribution >= 0.6 is 11.3 Å². The zero-order valence-electron chi connectivity index (χ0n) is 14.1. The number of thiophene rings is 1. The van der Waals surface area contributed by atoms with E-state index in [9.17, 15) is 4.79 Å². The minimum atomic E-state index is -0.0339. The largest absolute Gasteiger partial charge is 0.490 e. The molecule has 0 aliphatic carbocycles. The predicted molar refractivity (Wildman–Crippen MR) is 95.8 cm³/mol. The second kappa shape index (κ2) is 8.04. The Morgan fingerprint density at radius 1 is 1.36 bits per heavy atom. The predicted octanol–water partition coefficient (Wildman–Crippen LogP) is 3.76. The van der Waals surface area contributed by atoms with Gasteiger partial charge in [-0.3, -0.25) is 4.79 Å². The fraction of sp³-hybridized carbons (Fsp3) is 0.368. The van der Waals surface area contributed by atoms with Crippen molar-refractivity contribution in [2.45, 2.75) is 25.8 Å². The quantitative estimate of drug-likeness (QED) is 0.790. The van der Waals surface area contributed by atoms with E-state index < -0.39 is 0 Å². The lowest BCUT2D eigenvalue weighted by Gasteiger charge is -2.24. The lowest BCUT2D eigenvalue weighted by atomic mass is 10.2. The fourth-order valence-electron chi connectivity index (χ4n) is 3.03. The minimum Gasteiger partial charge on any atom is -0.490 e. The van der Waals surface area contributed by atoms with Crippen LogP contribution in [0.4, 0.5) is 0 Å². The SMILES string of the molecule is CCOc1cc(C#N)ccc1OCC(=O)N1CCCC1c1cccs1. The minimum absolute atomic E-state index is 0.0253. The van der Waals surface area contributed by atoms with E-state index in [1.54, 1.807) is 29.5 Å². The first kappa shape index (κ1) is 17.3. The number of nitrogens with zero attached hydrogens (tertiary/aromatic N) is 2. The van der Waals surface area contributed by atoms with Gasteiger partial charge in [0.25, 0.3) is 5.91 Å². The van der Waals surface area contributed by atoms with Gasteiger partial charge in [-0.1, -0.05) is 6.07 Å². The average Bonchev–Trinajstić information content (AvgIpc) is 3.31. The summed E-state index contributed by atoms with van der Waals surface area (Å²) in [5.74, 6) is 0.953. The van der Waals surface area contributed by atoms with Gasteiger partial charge in [-0.2, -0.15) is 5.26 Å². The molecule has 1 aliphatic rings. The van der Waals surface area contributed by atoms with Crippen molar-refractivity contribution >= 4 is 17.2 Å². The first-order chi connectivity index (χ1) is 12.2. The highest BCUT2D eigenvalue weighted by Gasteiger charge is 2.30. The first-order valence-corrected chi connectivity index (χ1v) is 9.23. The second-order valence-electron chi connectivity index (χ2n) is 5.76. The molecule has 1 aromatic carbocycles. The number of nitriles is 1. The molecule has 6 heteroatoms. The Morgan fingerprint density at radius 2 is 2.24 bits per heavy atom. The highest BCUT2D eigenvalue weighted by molar-refractivity contribution is 7.10. The van der Waals surface area contributed by atoms with Gasteiger partial charge in [0.2, 0.25) is 0 Å². The molecular weight excluding hydrogens is 336 g/mol. The molecule has 0 N–H and O–H groups in total. The van der Waals surface area contributed by atoms with Crippen LogP contribution in [-0.2, 0) is 4.79 Å². The number of carbonyl (C=O) groups is 1. The molecular formula is C19H20N2O3S. The first-order valence-electron chi connectivity index (χ1n) is 8.35. The zero-order chi connectivity index (χ0) is 17.6. The van der Waals surface area contributed by atoms with Crippen molar-refractivity contribution in [2.75, 3.05) is 19.8 Å². The molecule has 0 radical (unpaired) electrons. The van der Waals surface area contributed by atoms with Crippen LogP contribution in [0.2, 0.25) is 0 Å². The maximum Gasteiger partial charge on any atom is 0.261 e. The summed E-state index contributed by atoms with van der Waals surface area (Å²) in [6, 6.07) is 11.3. The molecule has 0 spiro atoms. The molecule has 5 nitrogen and oxygen atoms in total. The van der Waals surface area contributed by atoms with E-state index in [4.69, 9.17) is 14.7 Å². The molecule has 1 unspecified atom stereocenters. The van der Waals surface area contributed by atoms with Gasteiger partial charge in [0, 0.05) is 17.5 Å². The van der Waals surface area contributed by atoms with Crippen molar-refractivity contribution in [1.82, 2.24) is 4.90 Å². The Kier molecular flexibility index (Phi) is 5.56. The fourth-order valence-corrected chi connectivity index (χ4v) is 3.90. The molecule has 0 bridgehead atoms. The van der Waals surface area contributed by atoms with Crippen LogP contribution in [0.3, 0.4) is 0 Å². The van der Waals surface area contributed by atoms with Crippen LogP contribution in [-0.4, -0.2) is 30.6 Å². The normalized spacial score (nSPS) is 16.5. The van der Waals surface area contributed by atoms with Gasteiger partial charge in [0.1, 0.15) is 0 Å². The maximum atomic E-state index is 12.6. The van der Waals surface area contributed by atoms with E-state index in [0.717, 1.165) is 19.4 Å². The van der Waals surface area contributed by atoms with E-state index in [0.29, 0.717) is 23.7 Å². The summed E-state index contributed by atoms with van der Waals surface area (Å²) in [6.07, 6.45) is 2.00. The monoisotopic (exact) mass is 356 g/mol. The van der Waals surface area contributed by atoms with Gasteiger partial charge in [-0.25, -0.2) is 0 Å². The highest BCUT2D eigenvalue weighted by atomic mass is 32.1. The third-order valence-electron chi connectivity index (χ3n) is 4.17. The number of hydrogen-bond donors (Lipinski definition) is 0. The third-order valence-corrected chi connectivity index (χ3v) is 5.14. The molecule has 130 valence electrons. The van der Waals surface area contributed by atoms with Crippen molar-refractivity contribution in [2.24, 2.45) is 0 Å². The van der Waals surface area contributed by atoms with Crippen LogP contribution in [0.15, 0.2) is 35.7 Å². The highest BCUT2D eigenvalue weighted by Crippen LogP contribution is 2.35. The summed E-state index contributed by atoms with van der Waals surface area (Å²) < 4.78 is 11.2. The Hall–Kier alpha value is -2.52. The van der Waals surface area contributed by atoms with E-state index in [1.165, 1.54) is 4.88 Å². The van der Waals surface area contributed by atoms with Crippen molar-refractivity contribution in [3.8, 4) is 17.6 Å². The van der Waals surface area contributed by atoms with E-state index in [-0.39, 0.29) is 18.6 Å². The Morgan fingerprint density at radius 3 is 2.96 bits per heavy atom. The topological polar surface area (TPSA) is 62.6 Å². The summed E-state index contributed by atoms with van der Waals surface area (Å²) in [7, 11) is 0. The number of ether oxygens (including phenoxy) is 2. The van der Waals surface area contributed by atoms with Crippen LogP contribution in [0.5, 0.6) is 11.5 Å². The molecule has 3 rings (SSSR count). The molecule has 1 aromatic heterocycles. The van der Waals surface area contributed by atoms with Crippen molar-refractivity contribution in [1.29, 1.82) is 5.26 Å². The van der Waals surface area contributed by atoms with Crippen LogP contribution < -0.4 is 9.47 Å². The average molecular weight is 356 g/mol. The third kappa shape index (κ3) is 3.94. The number of amides is 1. The molecule has 1 fully saturated rings. The molecule has 2 aromatic rings. The molecule has 2 heterocycles. The number of likely N-dealkylation sites (tertiary alicyclic amines) is 1. The molecule has 1 amide bonds. The molecule has 25 heavy (non-hydrogen) atoms. The Labute approximate surface area is 151 Å². The van der Waals surface area contributed by atoms with Crippen molar-refractivity contribution in [3.63, 3.8) is 0 Å². The van der Waals surface area contributed by atoms with Crippen LogP contribution in [0.1, 0.15) is 36.2 Å². The van der Waals surface area contributed by atoms with Gasteiger partial charge < -0.3 is 14.4 Å². The van der Waals surface area contributed by atoms with E-state index >= 15 is 0 Å². The van der Waals surface area contributed by atoms with Crippen LogP contribution in [0.25, 0.3) is 0 Å². The van der Waals surface area contributed by atoms with Crippen molar-refractivity contribution in [3.05, 3.63) is 46.2 Å². The summed E-state index contributed by atoms with van der Waals surface area (Å²) in [4.78, 5) is 15.7. The van der Waals surface area contributed by atoms with Gasteiger partial charge in [0.05, 0.1) is 24.3 Å². The lowest BCUT2D eigenvalue weighted by Crippen LogP contribution is -2.34. The zero-order valence-corrected chi connectivity index (χ0v) is 14.9. The standard InChI is InChI=1S/C19H20N2O3S/c1-2-23-17-11-14(12-20)7-8-16(17)24-13-19(22)21-9-3-5-15(21)18-6-4-10-25-18/h4,6-8,10-11,15H,2-3,5,9,13H2,1H3. The van der Waals surface area contributed by atoms with Gasteiger partial charge in [-0.15, -0.1) is 11.3 Å². The van der Waals surface area contributed by atoms with Gasteiger partial charge >= 0.3 is 0 Å². The van der Waals surface area contributed by atoms with Gasteiger partial charge in [0.15, 0.2) is 18.1 Å². The molecule has 0 saturated carbocycles. The summed E-state index contributed by atoms with van der Waals surface area (Å²) in [5.41, 5.74) is 0.499. The number of hydrogen-bond acceptors (Lipinski definition) is 5. The number of carbonyl (C=O) groups excluding carboxylic acids is 1. The maximum absolute atomic E-state index is 12.6. The summed E-state index contributed by atoms with van der Waals surface area (Å²) >= 11 is 1.68. The lowest BCUT2D eigenvalue weighted by molar-refractivity contribution is -0.134. The van der Waals surface area contributed by atoms with Crippen molar-refractivity contribution < 1.29 is 14.3 Å². The van der Waals surface area contributed by atoms with E-state index in [2.05, 4.69) is 12.1 Å². The number of benzene rings is 1. The number of rotatable bonds is 6. The Balaban J connectivity index is 1.67. The molecule has 1 atom stereocenters. The summed E-state index contributed by atoms with van der Waals surface area (Å²) in [5, 5.41) is 11.0. The smallest absolute Gasteiger partial charge is 0.261 e. The Bertz CT molecular complexity index is 767. The van der Waals surface area contributed by atoms with Crippen LogP contribution in [0, 0.1) is 11.3 Å². The molecule has 1 aliphatic heterocycles. The second-order valence-corrected chi connectivity index (χ2v) is 6.73. The molecule has 1 saturated heterocycles. The van der Waals surface area contributed by atoms with Gasteiger partial charge in [-0.05, 0) is 43.3 Å². The van der Waals surface area contributed by atoms with E-state index in [1.807, 2.05) is 23.3 Å².